The number of nitrogens with zero attached hydrogens (tertiary/aromatic N) is 1. The molecular weight excluding hydrogens is 340 g/mol. The molecule has 7 heteroatoms. The second-order valence-corrected chi connectivity index (χ2v) is 8.24. The lowest BCUT2D eigenvalue weighted by molar-refractivity contribution is -0.116. The fraction of sp³-hybridized carbons (Fsp3) is 0.611. The maximum Gasteiger partial charge on any atom is 0.246 e. The summed E-state index contributed by atoms with van der Waals surface area (Å²) < 4.78 is 32.6. The molecule has 6 nitrogen and oxygen atoms in total. The number of ether oxygens (including phenoxy) is 1. The Morgan fingerprint density at radius 1 is 1.20 bits per heavy atom. The van der Waals surface area contributed by atoms with E-state index in [1.165, 1.54) is 17.5 Å². The molecule has 1 N–H and O–H groups in total. The summed E-state index contributed by atoms with van der Waals surface area (Å²) in [6.45, 7) is 3.14. The van der Waals surface area contributed by atoms with Gasteiger partial charge in [0.05, 0.1) is 7.11 Å². The first-order valence-corrected chi connectivity index (χ1v) is 10.4. The van der Waals surface area contributed by atoms with Crippen LogP contribution in [0.25, 0.3) is 0 Å². The van der Waals surface area contributed by atoms with Crippen LogP contribution in [0.15, 0.2) is 23.1 Å². The zero-order valence-electron chi connectivity index (χ0n) is 15.1. The van der Waals surface area contributed by atoms with Crippen molar-refractivity contribution < 1.29 is 17.9 Å². The number of benzene rings is 1. The van der Waals surface area contributed by atoms with Gasteiger partial charge < -0.3 is 10.1 Å². The van der Waals surface area contributed by atoms with E-state index in [4.69, 9.17) is 4.74 Å². The first-order chi connectivity index (χ1) is 12.0. The summed E-state index contributed by atoms with van der Waals surface area (Å²) in [5.41, 5.74) is 0.484. The van der Waals surface area contributed by atoms with Gasteiger partial charge in [-0.2, -0.15) is 4.31 Å². The molecule has 0 aromatic heterocycles. The Kier molecular flexibility index (Phi) is 7.25. The fourth-order valence-corrected chi connectivity index (χ4v) is 4.66. The Balaban J connectivity index is 2.20. The third kappa shape index (κ3) is 5.19. The van der Waals surface area contributed by atoms with Crippen LogP contribution in [-0.4, -0.2) is 38.8 Å². The molecular formula is C18H28N2O4S. The molecule has 1 aliphatic heterocycles. The van der Waals surface area contributed by atoms with E-state index in [0.717, 1.165) is 38.5 Å². The molecule has 1 aromatic rings. The highest BCUT2D eigenvalue weighted by Crippen LogP contribution is 2.31. The second kappa shape index (κ2) is 9.20. The number of amides is 1. The lowest BCUT2D eigenvalue weighted by Gasteiger charge is -2.26. The molecule has 0 saturated carbocycles. The van der Waals surface area contributed by atoms with Crippen molar-refractivity contribution >= 4 is 21.6 Å². The minimum Gasteiger partial charge on any atom is -0.495 e. The molecule has 1 amide bonds. The number of nitrogens with one attached hydrogen (secondary N) is 1. The molecule has 0 unspecified atom stereocenters. The van der Waals surface area contributed by atoms with E-state index in [1.807, 2.05) is 0 Å². The summed E-state index contributed by atoms with van der Waals surface area (Å²) in [6, 6.07) is 4.77. The highest BCUT2D eigenvalue weighted by atomic mass is 32.2. The van der Waals surface area contributed by atoms with E-state index < -0.39 is 10.0 Å². The minimum absolute atomic E-state index is 0.0973. The Morgan fingerprint density at radius 3 is 2.56 bits per heavy atom. The summed E-state index contributed by atoms with van der Waals surface area (Å²) in [6.07, 6.45) is 6.12. The van der Waals surface area contributed by atoms with Crippen LogP contribution in [0.2, 0.25) is 0 Å². The monoisotopic (exact) mass is 368 g/mol. The van der Waals surface area contributed by atoms with E-state index in [2.05, 4.69) is 12.2 Å². The predicted octanol–water partition coefficient (Wildman–Crippen LogP) is 3.39. The second-order valence-electron chi connectivity index (χ2n) is 6.34. The van der Waals surface area contributed by atoms with Gasteiger partial charge in [0.1, 0.15) is 10.6 Å². The van der Waals surface area contributed by atoms with Crippen molar-refractivity contribution in [1.29, 1.82) is 0 Å². The largest absolute Gasteiger partial charge is 0.495 e. The first kappa shape index (κ1) is 19.7. The summed E-state index contributed by atoms with van der Waals surface area (Å²) in [4.78, 5) is 12.1. The van der Waals surface area contributed by atoms with E-state index >= 15 is 0 Å². The lowest BCUT2D eigenvalue weighted by Crippen LogP contribution is -2.35. The average molecular weight is 368 g/mol. The molecule has 1 heterocycles. The van der Waals surface area contributed by atoms with E-state index in [0.29, 0.717) is 30.9 Å². The van der Waals surface area contributed by atoms with Crippen LogP contribution in [0.4, 0.5) is 5.69 Å². The number of rotatable bonds is 8. The molecule has 0 aliphatic carbocycles. The van der Waals surface area contributed by atoms with Crippen molar-refractivity contribution in [3.05, 3.63) is 18.2 Å². The summed E-state index contributed by atoms with van der Waals surface area (Å²) in [5.74, 6) is 0.203. The zero-order valence-corrected chi connectivity index (χ0v) is 15.9. The molecule has 0 spiro atoms. The van der Waals surface area contributed by atoms with Gasteiger partial charge in [0, 0.05) is 25.2 Å². The topological polar surface area (TPSA) is 75.7 Å². The summed E-state index contributed by atoms with van der Waals surface area (Å²) in [5, 5.41) is 2.79. The average Bonchev–Trinajstić information content (AvgIpc) is 2.62. The molecule has 1 aliphatic rings. The third-order valence-electron chi connectivity index (χ3n) is 4.39. The number of hydrogen-bond donors (Lipinski definition) is 1. The molecule has 0 bridgehead atoms. The Bertz CT molecular complexity index is 682. The maximum atomic E-state index is 12.9. The molecule has 1 aromatic carbocycles. The van der Waals surface area contributed by atoms with Crippen molar-refractivity contribution in [3.63, 3.8) is 0 Å². The summed E-state index contributed by atoms with van der Waals surface area (Å²) >= 11 is 0. The highest BCUT2D eigenvalue weighted by Gasteiger charge is 2.29. The Morgan fingerprint density at radius 2 is 1.92 bits per heavy atom. The van der Waals surface area contributed by atoms with Gasteiger partial charge in [0.25, 0.3) is 0 Å². The zero-order chi connectivity index (χ0) is 18.3. The number of hydrogen-bond acceptors (Lipinski definition) is 4. The van der Waals surface area contributed by atoms with E-state index in [1.54, 1.807) is 12.1 Å². The molecule has 0 radical (unpaired) electrons. The predicted molar refractivity (Wildman–Crippen MR) is 98.4 cm³/mol. The van der Waals surface area contributed by atoms with Crippen LogP contribution >= 0.6 is 0 Å². The van der Waals surface area contributed by atoms with Crippen LogP contribution in [0.5, 0.6) is 5.75 Å². The van der Waals surface area contributed by atoms with Crippen molar-refractivity contribution in [2.75, 3.05) is 25.5 Å². The van der Waals surface area contributed by atoms with Crippen molar-refractivity contribution in [2.24, 2.45) is 0 Å². The van der Waals surface area contributed by atoms with E-state index in [9.17, 15) is 13.2 Å². The van der Waals surface area contributed by atoms with Gasteiger partial charge in [-0.15, -0.1) is 0 Å². The van der Waals surface area contributed by atoms with Crippen LogP contribution in [-0.2, 0) is 14.8 Å². The maximum absolute atomic E-state index is 12.9. The summed E-state index contributed by atoms with van der Waals surface area (Å²) in [7, 11) is -2.18. The fourth-order valence-electron chi connectivity index (χ4n) is 2.96. The third-order valence-corrected chi connectivity index (χ3v) is 6.31. The van der Waals surface area contributed by atoms with E-state index in [-0.39, 0.29) is 10.8 Å². The van der Waals surface area contributed by atoms with Crippen LogP contribution in [0, 0.1) is 0 Å². The van der Waals surface area contributed by atoms with Crippen molar-refractivity contribution in [3.8, 4) is 5.75 Å². The van der Waals surface area contributed by atoms with Gasteiger partial charge in [0.15, 0.2) is 0 Å². The number of carbonyl (C=O) groups is 1. The molecule has 2 rings (SSSR count). The molecule has 140 valence electrons. The molecule has 1 saturated heterocycles. The Labute approximate surface area is 150 Å². The van der Waals surface area contributed by atoms with Crippen molar-refractivity contribution in [2.45, 2.75) is 56.8 Å². The highest BCUT2D eigenvalue weighted by molar-refractivity contribution is 7.89. The lowest BCUT2D eigenvalue weighted by atomic mass is 10.2. The smallest absolute Gasteiger partial charge is 0.246 e. The van der Waals surface area contributed by atoms with Crippen LogP contribution < -0.4 is 10.1 Å². The Hall–Kier alpha value is -1.60. The molecule has 0 atom stereocenters. The van der Waals surface area contributed by atoms with Gasteiger partial charge in [-0.1, -0.05) is 26.2 Å². The number of unbranched alkanes of at least 4 members (excludes halogenated alkanes) is 2. The number of carbonyl (C=O) groups excluding carboxylic acids is 1. The van der Waals surface area contributed by atoms with Crippen LogP contribution in [0.1, 0.15) is 51.9 Å². The quantitative estimate of drug-likeness (QED) is 0.714. The minimum atomic E-state index is -3.63. The van der Waals surface area contributed by atoms with Gasteiger partial charge in [-0.25, -0.2) is 8.42 Å². The SMILES string of the molecule is CCCCCC(=O)Nc1ccc(OC)c(S(=O)(=O)N2CCCCC2)c1. The van der Waals surface area contributed by atoms with Crippen molar-refractivity contribution in [1.82, 2.24) is 4.31 Å². The number of piperidine rings is 1. The van der Waals surface area contributed by atoms with Gasteiger partial charge in [-0.3, -0.25) is 4.79 Å². The normalized spacial score (nSPS) is 15.8. The molecule has 1 fully saturated rings. The molecule has 25 heavy (non-hydrogen) atoms. The standard InChI is InChI=1S/C18H28N2O4S/c1-3-4-6-9-18(21)19-15-10-11-16(24-2)17(14-15)25(22,23)20-12-7-5-8-13-20/h10-11,14H,3-9,12-13H2,1-2H3,(H,19,21). The number of anilines is 1. The van der Waals surface area contributed by atoms with Gasteiger partial charge >= 0.3 is 0 Å². The van der Waals surface area contributed by atoms with Crippen LogP contribution in [0.3, 0.4) is 0 Å². The number of methoxy groups -OCH3 is 1. The first-order valence-electron chi connectivity index (χ1n) is 8.97. The number of sulfonamides is 1. The van der Waals surface area contributed by atoms with Gasteiger partial charge in [0.2, 0.25) is 15.9 Å². The van der Waals surface area contributed by atoms with Gasteiger partial charge in [-0.05, 0) is 37.5 Å².